The summed E-state index contributed by atoms with van der Waals surface area (Å²) in [5.74, 6) is 2.82. The first-order valence-electron chi connectivity index (χ1n) is 10.1. The number of hydrogen-bond donors (Lipinski definition) is 1. The summed E-state index contributed by atoms with van der Waals surface area (Å²) in [6.07, 6.45) is 9.15. The molecule has 10 nitrogen and oxygen atoms in total. The topological polar surface area (TPSA) is 116 Å². The number of nitrogens with zero attached hydrogens (tertiary/aromatic N) is 7. The molecule has 0 radical (unpaired) electrons. The third-order valence-electron chi connectivity index (χ3n) is 5.42. The summed E-state index contributed by atoms with van der Waals surface area (Å²) in [5.41, 5.74) is 0.450. The largest absolute Gasteiger partial charge is 0.384 e. The van der Waals surface area contributed by atoms with E-state index in [4.69, 9.17) is 9.84 Å². The van der Waals surface area contributed by atoms with Crippen LogP contribution in [0.25, 0.3) is 22.6 Å². The first-order valence-corrected chi connectivity index (χ1v) is 11.0. The van der Waals surface area contributed by atoms with Crippen molar-refractivity contribution in [2.45, 2.75) is 43.2 Å². The van der Waals surface area contributed by atoms with Crippen LogP contribution in [-0.4, -0.2) is 58.8 Å². The molecule has 5 rings (SSSR count). The average molecular weight is 427 g/mol. The van der Waals surface area contributed by atoms with Crippen LogP contribution in [-0.2, 0) is 4.74 Å². The highest BCUT2D eigenvalue weighted by Crippen LogP contribution is 2.31. The number of pyridine rings is 1. The van der Waals surface area contributed by atoms with Crippen molar-refractivity contribution < 1.29 is 4.74 Å². The van der Waals surface area contributed by atoms with Gasteiger partial charge in [-0.2, -0.15) is 14.5 Å². The number of thioether (sulfide) groups is 1. The van der Waals surface area contributed by atoms with Gasteiger partial charge in [0.25, 0.3) is 11.3 Å². The van der Waals surface area contributed by atoms with Gasteiger partial charge >= 0.3 is 0 Å². The van der Waals surface area contributed by atoms with Crippen molar-refractivity contribution in [1.29, 1.82) is 0 Å². The smallest absolute Gasteiger partial charge is 0.268 e. The maximum atomic E-state index is 13.1. The lowest BCUT2D eigenvalue weighted by molar-refractivity contribution is 0.218. The minimum atomic E-state index is -0.235. The highest BCUT2D eigenvalue weighted by atomic mass is 32.2. The fourth-order valence-electron chi connectivity index (χ4n) is 3.86. The average Bonchev–Trinajstić information content (AvgIpc) is 3.42. The highest BCUT2D eigenvalue weighted by molar-refractivity contribution is 7.99. The molecule has 156 valence electrons. The molecule has 0 bridgehead atoms. The van der Waals surface area contributed by atoms with E-state index in [1.54, 1.807) is 24.0 Å². The molecule has 4 aromatic heterocycles. The molecule has 30 heavy (non-hydrogen) atoms. The molecule has 1 aliphatic carbocycles. The maximum Gasteiger partial charge on any atom is 0.268 e. The van der Waals surface area contributed by atoms with Gasteiger partial charge in [-0.1, -0.05) is 31.0 Å². The number of fused-ring (bicyclic) bond motifs is 3. The van der Waals surface area contributed by atoms with Gasteiger partial charge in [-0.25, -0.2) is 10.1 Å². The van der Waals surface area contributed by atoms with E-state index in [9.17, 15) is 4.79 Å². The quantitative estimate of drug-likeness (QED) is 0.369. The molecule has 1 aliphatic rings. The molecular weight excluding hydrogens is 404 g/mol. The number of hydrogen-bond acceptors (Lipinski definition) is 8. The summed E-state index contributed by atoms with van der Waals surface area (Å²) in [4.78, 5) is 26.5. The van der Waals surface area contributed by atoms with E-state index in [2.05, 4.69) is 25.1 Å². The number of methoxy groups -OCH3 is 1. The van der Waals surface area contributed by atoms with Crippen molar-refractivity contribution >= 4 is 28.4 Å². The van der Waals surface area contributed by atoms with E-state index in [1.807, 2.05) is 6.07 Å². The Morgan fingerprint density at radius 1 is 1.27 bits per heavy atom. The lowest BCUT2D eigenvalue weighted by atomic mass is 9.89. The van der Waals surface area contributed by atoms with Crippen LogP contribution in [0, 0.1) is 0 Å². The van der Waals surface area contributed by atoms with Gasteiger partial charge in [0, 0.05) is 31.2 Å². The summed E-state index contributed by atoms with van der Waals surface area (Å²) in [6, 6.07) is 1.84. The lowest BCUT2D eigenvalue weighted by Gasteiger charge is -2.17. The second-order valence-corrected chi connectivity index (χ2v) is 8.41. The van der Waals surface area contributed by atoms with Crippen LogP contribution in [0.4, 0.5) is 0 Å². The minimum Gasteiger partial charge on any atom is -0.384 e. The van der Waals surface area contributed by atoms with Crippen molar-refractivity contribution in [3.05, 3.63) is 34.6 Å². The van der Waals surface area contributed by atoms with Gasteiger partial charge in [0.05, 0.1) is 17.5 Å². The monoisotopic (exact) mass is 426 g/mol. The van der Waals surface area contributed by atoms with Crippen molar-refractivity contribution in [1.82, 2.24) is 39.3 Å². The number of aromatic nitrogens is 8. The minimum absolute atomic E-state index is 0.235. The van der Waals surface area contributed by atoms with E-state index in [0.717, 1.165) is 24.4 Å². The predicted molar refractivity (Wildman–Crippen MR) is 112 cm³/mol. The number of ether oxygens (including phenoxy) is 1. The second kappa shape index (κ2) is 8.15. The van der Waals surface area contributed by atoms with E-state index in [1.165, 1.54) is 35.6 Å². The Hall–Kier alpha value is -2.79. The lowest BCUT2D eigenvalue weighted by Crippen LogP contribution is -2.20. The number of nitrogens with one attached hydrogen (secondary N) is 1. The molecule has 0 aromatic carbocycles. The van der Waals surface area contributed by atoms with Gasteiger partial charge in [-0.05, 0) is 18.9 Å². The summed E-state index contributed by atoms with van der Waals surface area (Å²) < 4.78 is 8.15. The first kappa shape index (κ1) is 19.2. The van der Waals surface area contributed by atoms with Crippen molar-refractivity contribution in [2.24, 2.45) is 0 Å². The van der Waals surface area contributed by atoms with Crippen LogP contribution < -0.4 is 5.56 Å². The number of rotatable bonds is 6. The molecule has 4 aromatic rings. The Morgan fingerprint density at radius 2 is 2.13 bits per heavy atom. The van der Waals surface area contributed by atoms with E-state index in [0.29, 0.717) is 40.3 Å². The normalized spacial score (nSPS) is 15.4. The molecule has 0 amide bonds. The highest BCUT2D eigenvalue weighted by Gasteiger charge is 2.21. The molecule has 4 heterocycles. The fraction of sp³-hybridized carbons (Fsp3) is 0.474. The van der Waals surface area contributed by atoms with Gasteiger partial charge in [-0.3, -0.25) is 9.36 Å². The fourth-order valence-corrected chi connectivity index (χ4v) is 4.56. The van der Waals surface area contributed by atoms with E-state index in [-0.39, 0.29) is 5.56 Å². The molecular formula is C19H22N8O2S. The number of aromatic amines is 1. The zero-order valence-corrected chi connectivity index (χ0v) is 17.4. The van der Waals surface area contributed by atoms with Crippen LogP contribution in [0.5, 0.6) is 0 Å². The zero-order chi connectivity index (χ0) is 20.5. The number of H-pyrrole nitrogens is 1. The predicted octanol–water partition coefficient (Wildman–Crippen LogP) is 2.33. The van der Waals surface area contributed by atoms with Gasteiger partial charge in [0.2, 0.25) is 11.1 Å². The standard InChI is InChI=1S/C19H22N8O2S/c1-29-9-10-30-19-22-18(23-24-19)26-8-7-14-13(16(26)28)11-20-17-21-15(25-27(14)17)12-5-3-2-4-6-12/h7-8,11-12H,2-6,9-10H2,1H3,(H,22,23,24). The molecule has 1 N–H and O–H groups in total. The summed E-state index contributed by atoms with van der Waals surface area (Å²) in [7, 11) is 1.65. The van der Waals surface area contributed by atoms with Crippen LogP contribution >= 0.6 is 11.8 Å². The molecule has 1 saturated carbocycles. The Kier molecular flexibility index (Phi) is 5.21. The van der Waals surface area contributed by atoms with Crippen LogP contribution in [0.2, 0.25) is 0 Å². The van der Waals surface area contributed by atoms with E-state index >= 15 is 0 Å². The second-order valence-electron chi connectivity index (χ2n) is 7.35. The zero-order valence-electron chi connectivity index (χ0n) is 16.6. The maximum absolute atomic E-state index is 13.1. The molecule has 0 aliphatic heterocycles. The van der Waals surface area contributed by atoms with Gasteiger partial charge in [0.15, 0.2) is 5.82 Å². The van der Waals surface area contributed by atoms with E-state index < -0.39 is 0 Å². The van der Waals surface area contributed by atoms with Crippen molar-refractivity contribution in [2.75, 3.05) is 19.5 Å². The van der Waals surface area contributed by atoms with Crippen LogP contribution in [0.1, 0.15) is 43.8 Å². The van der Waals surface area contributed by atoms with Crippen molar-refractivity contribution in [3.63, 3.8) is 0 Å². The SMILES string of the molecule is COCCSc1n[nH]c(-n2ccc3c(cnc4nc(C5CCCCC5)nn43)c2=O)n1. The van der Waals surface area contributed by atoms with Crippen LogP contribution in [0.15, 0.2) is 28.4 Å². The third kappa shape index (κ3) is 3.47. The first-order chi connectivity index (χ1) is 14.7. The Balaban J connectivity index is 1.51. The molecule has 0 spiro atoms. The molecule has 0 saturated heterocycles. The molecule has 0 atom stereocenters. The molecule has 0 unspecified atom stereocenters. The Bertz CT molecular complexity index is 1240. The van der Waals surface area contributed by atoms with Gasteiger partial charge in [-0.15, -0.1) is 10.2 Å². The Morgan fingerprint density at radius 3 is 2.97 bits per heavy atom. The third-order valence-corrected chi connectivity index (χ3v) is 6.23. The summed E-state index contributed by atoms with van der Waals surface area (Å²) >= 11 is 1.46. The summed E-state index contributed by atoms with van der Waals surface area (Å²) in [6.45, 7) is 0.604. The summed E-state index contributed by atoms with van der Waals surface area (Å²) in [5, 5.41) is 12.7. The van der Waals surface area contributed by atoms with Crippen LogP contribution in [0.3, 0.4) is 0 Å². The Labute approximate surface area is 176 Å². The van der Waals surface area contributed by atoms with Gasteiger partial charge in [0.1, 0.15) is 0 Å². The molecule has 1 fully saturated rings. The van der Waals surface area contributed by atoms with Gasteiger partial charge < -0.3 is 4.74 Å². The molecule has 11 heteroatoms. The van der Waals surface area contributed by atoms with Crippen molar-refractivity contribution in [3.8, 4) is 5.95 Å².